The molecule has 1 fully saturated rings. The van der Waals surface area contributed by atoms with E-state index in [1.54, 1.807) is 81.9 Å². The van der Waals surface area contributed by atoms with Crippen molar-refractivity contribution in [2.24, 2.45) is 14.1 Å². The summed E-state index contributed by atoms with van der Waals surface area (Å²) in [5.41, 5.74) is 3.02. The van der Waals surface area contributed by atoms with E-state index in [0.29, 0.717) is 73.6 Å². The zero-order valence-electron chi connectivity index (χ0n) is 31.9. The Morgan fingerprint density at radius 3 is 2.38 bits per heavy atom. The van der Waals surface area contributed by atoms with Crippen molar-refractivity contribution in [3.63, 3.8) is 0 Å². The Labute approximate surface area is 320 Å². The molecular weight excluding hydrogens is 727 g/mol. The fourth-order valence-electron chi connectivity index (χ4n) is 6.75. The summed E-state index contributed by atoms with van der Waals surface area (Å²) in [6, 6.07) is 7.56. The van der Waals surface area contributed by atoms with Crippen molar-refractivity contribution in [2.45, 2.75) is 18.8 Å². The molecule has 0 unspecified atom stereocenters. The SMILES string of the molecule is C=C(Cn1cc(C(=O)c2cc(OC)c(OC)c(OC)c2)c2ccc(OC)cc21)C(=O)N[C@@H]1CN(c2nc(Nc3cn(C)nc3OC)c3ncn(C)c3n2)C[C@H]1F. The van der Waals surface area contributed by atoms with Crippen LogP contribution in [0.1, 0.15) is 15.9 Å². The summed E-state index contributed by atoms with van der Waals surface area (Å²) in [7, 11) is 11.0. The van der Waals surface area contributed by atoms with Gasteiger partial charge in [0.1, 0.15) is 17.6 Å². The van der Waals surface area contributed by atoms with Crippen molar-refractivity contribution < 1.29 is 37.7 Å². The van der Waals surface area contributed by atoms with E-state index in [1.807, 2.05) is 0 Å². The predicted molar refractivity (Wildman–Crippen MR) is 206 cm³/mol. The highest BCUT2D eigenvalue weighted by atomic mass is 19.1. The van der Waals surface area contributed by atoms with Crippen LogP contribution in [-0.2, 0) is 25.4 Å². The molecule has 5 heterocycles. The summed E-state index contributed by atoms with van der Waals surface area (Å²) in [4.78, 5) is 43.1. The normalized spacial score (nSPS) is 15.2. The van der Waals surface area contributed by atoms with Gasteiger partial charge < -0.3 is 48.4 Å². The number of carbonyl (C=O) groups is 2. The van der Waals surface area contributed by atoms with Crippen LogP contribution in [0.25, 0.3) is 22.1 Å². The molecule has 6 aromatic rings. The van der Waals surface area contributed by atoms with Crippen LogP contribution >= 0.6 is 0 Å². The van der Waals surface area contributed by atoms with E-state index in [4.69, 9.17) is 28.7 Å². The lowest BCUT2D eigenvalue weighted by molar-refractivity contribution is -0.118. The lowest BCUT2D eigenvalue weighted by Crippen LogP contribution is -2.42. The second-order valence-electron chi connectivity index (χ2n) is 13.2. The number of imidazole rings is 1. The highest BCUT2D eigenvalue weighted by Crippen LogP contribution is 2.39. The van der Waals surface area contributed by atoms with Gasteiger partial charge in [0.2, 0.25) is 17.6 Å². The molecule has 2 atom stereocenters. The fourth-order valence-corrected chi connectivity index (χ4v) is 6.75. The number of ketones is 1. The van der Waals surface area contributed by atoms with Crippen molar-refractivity contribution >= 4 is 51.2 Å². The quantitative estimate of drug-likeness (QED) is 0.121. The Bertz CT molecular complexity index is 2470. The number of benzene rings is 2. The van der Waals surface area contributed by atoms with Gasteiger partial charge in [0.05, 0.1) is 72.7 Å². The average Bonchev–Trinajstić information content (AvgIpc) is 3.97. The van der Waals surface area contributed by atoms with Gasteiger partial charge in [-0.2, -0.15) is 9.97 Å². The van der Waals surface area contributed by atoms with Gasteiger partial charge in [0.25, 0.3) is 5.88 Å². The Morgan fingerprint density at radius 2 is 1.70 bits per heavy atom. The standard InChI is InChI=1S/C38H41FN10O7/c1-20(14-48-15-24(23-10-9-22(52-4)13-28(23)48)32(50)21-11-29(53-5)33(55-7)30(12-21)54-6)36(51)42-26-18-49(16-25(26)39)38-43-34(31-35(44-38)46(2)19-40-31)41-27-17-47(3)45-37(27)56-8/h9-13,15,17,19,25-26H,1,14,16,18H2,2-8H3,(H,42,51)(H,41,43,44)/t25-,26-/m1/s1. The molecule has 0 aliphatic carbocycles. The van der Waals surface area contributed by atoms with Gasteiger partial charge in [-0.05, 0) is 24.3 Å². The van der Waals surface area contributed by atoms with Gasteiger partial charge >= 0.3 is 0 Å². The molecular formula is C38H41FN10O7. The highest BCUT2D eigenvalue weighted by molar-refractivity contribution is 6.17. The first kappa shape index (κ1) is 37.5. The van der Waals surface area contributed by atoms with Crippen molar-refractivity contribution in [2.75, 3.05) is 58.9 Å². The van der Waals surface area contributed by atoms with E-state index in [-0.39, 0.29) is 36.9 Å². The number of aromatic nitrogens is 7. The summed E-state index contributed by atoms with van der Waals surface area (Å²) in [6.45, 7) is 4.06. The molecule has 2 N–H and O–H groups in total. The van der Waals surface area contributed by atoms with Gasteiger partial charge in [0.15, 0.2) is 34.3 Å². The van der Waals surface area contributed by atoms with E-state index in [0.717, 1.165) is 0 Å². The van der Waals surface area contributed by atoms with Crippen molar-refractivity contribution in [1.82, 2.24) is 39.2 Å². The second kappa shape index (κ2) is 15.1. The largest absolute Gasteiger partial charge is 0.497 e. The summed E-state index contributed by atoms with van der Waals surface area (Å²) in [5, 5.41) is 10.9. The molecule has 1 saturated heterocycles. The molecule has 0 bridgehead atoms. The van der Waals surface area contributed by atoms with Crippen molar-refractivity contribution in [3.05, 3.63) is 72.3 Å². The molecule has 17 nitrogen and oxygen atoms in total. The molecule has 0 radical (unpaired) electrons. The summed E-state index contributed by atoms with van der Waals surface area (Å²) >= 11 is 0. The van der Waals surface area contributed by atoms with Crippen LogP contribution in [0.4, 0.5) is 21.8 Å². The van der Waals surface area contributed by atoms with Crippen LogP contribution < -0.4 is 39.2 Å². The Hall–Kier alpha value is -6.85. The van der Waals surface area contributed by atoms with Gasteiger partial charge in [-0.25, -0.2) is 9.37 Å². The monoisotopic (exact) mass is 768 g/mol. The van der Waals surface area contributed by atoms with Crippen LogP contribution in [0.3, 0.4) is 0 Å². The zero-order chi connectivity index (χ0) is 39.8. The van der Waals surface area contributed by atoms with E-state index in [1.165, 1.54) is 35.5 Å². The molecule has 0 saturated carbocycles. The fraction of sp³-hybridized carbons (Fsp3) is 0.316. The van der Waals surface area contributed by atoms with Crippen LogP contribution in [-0.4, -0.2) is 106 Å². The van der Waals surface area contributed by atoms with E-state index >= 15 is 4.39 Å². The zero-order valence-corrected chi connectivity index (χ0v) is 31.9. The molecule has 1 aliphatic heterocycles. The number of ether oxygens (including phenoxy) is 5. The number of methoxy groups -OCH3 is 5. The van der Waals surface area contributed by atoms with Gasteiger partial charge in [-0.1, -0.05) is 6.58 Å². The molecule has 1 amide bonds. The predicted octanol–water partition coefficient (Wildman–Crippen LogP) is 3.97. The number of aryl methyl sites for hydroxylation is 2. The first-order valence-corrected chi connectivity index (χ1v) is 17.4. The molecule has 18 heteroatoms. The number of nitrogens with zero attached hydrogens (tertiary/aromatic N) is 8. The number of alkyl halides is 1. The van der Waals surface area contributed by atoms with E-state index in [2.05, 4.69) is 32.3 Å². The number of hydrogen-bond donors (Lipinski definition) is 2. The van der Waals surface area contributed by atoms with Crippen molar-refractivity contribution in [3.8, 4) is 28.9 Å². The molecule has 4 aromatic heterocycles. The van der Waals surface area contributed by atoms with Crippen LogP contribution in [0.15, 0.2) is 61.2 Å². The highest BCUT2D eigenvalue weighted by Gasteiger charge is 2.36. The molecule has 7 rings (SSSR count). The lowest BCUT2D eigenvalue weighted by atomic mass is 10.0. The first-order chi connectivity index (χ1) is 27.0. The molecule has 0 spiro atoms. The van der Waals surface area contributed by atoms with Crippen LogP contribution in [0, 0.1) is 0 Å². The van der Waals surface area contributed by atoms with Crippen LogP contribution in [0.2, 0.25) is 0 Å². The molecule has 2 aromatic carbocycles. The minimum Gasteiger partial charge on any atom is -0.497 e. The maximum atomic E-state index is 15.7. The summed E-state index contributed by atoms with van der Waals surface area (Å²) < 4.78 is 48.0. The number of carbonyl (C=O) groups excluding carboxylic acids is 2. The number of fused-ring (bicyclic) bond motifs is 2. The Balaban J connectivity index is 1.11. The molecule has 56 heavy (non-hydrogen) atoms. The third-order valence-corrected chi connectivity index (χ3v) is 9.58. The first-order valence-electron chi connectivity index (χ1n) is 17.4. The maximum absolute atomic E-state index is 15.7. The third-order valence-electron chi connectivity index (χ3n) is 9.58. The number of amides is 1. The second-order valence-corrected chi connectivity index (χ2v) is 13.2. The van der Waals surface area contributed by atoms with E-state index in [9.17, 15) is 9.59 Å². The Morgan fingerprint density at radius 1 is 0.946 bits per heavy atom. The minimum atomic E-state index is -1.44. The van der Waals surface area contributed by atoms with Crippen LogP contribution in [0.5, 0.6) is 28.9 Å². The maximum Gasteiger partial charge on any atom is 0.256 e. The van der Waals surface area contributed by atoms with Gasteiger partial charge in [0, 0.05) is 55.0 Å². The lowest BCUT2D eigenvalue weighted by Gasteiger charge is -2.18. The average molecular weight is 769 g/mol. The Kier molecular flexibility index (Phi) is 10.1. The smallest absolute Gasteiger partial charge is 0.256 e. The van der Waals surface area contributed by atoms with Gasteiger partial charge in [-0.3, -0.25) is 14.3 Å². The molecule has 1 aliphatic rings. The molecule has 292 valence electrons. The number of anilines is 3. The minimum absolute atomic E-state index is 0.00146. The number of halogens is 1. The number of rotatable bonds is 14. The number of hydrogen-bond acceptors (Lipinski definition) is 13. The summed E-state index contributed by atoms with van der Waals surface area (Å²) in [5.74, 6) is 1.69. The third kappa shape index (κ3) is 6.84. The topological polar surface area (TPSA) is 174 Å². The summed E-state index contributed by atoms with van der Waals surface area (Å²) in [6.07, 6.45) is 3.57. The van der Waals surface area contributed by atoms with E-state index < -0.39 is 18.1 Å². The van der Waals surface area contributed by atoms with Crippen molar-refractivity contribution in [1.29, 1.82) is 0 Å². The number of nitrogens with one attached hydrogen (secondary N) is 2. The van der Waals surface area contributed by atoms with Gasteiger partial charge in [-0.15, -0.1) is 5.10 Å².